The highest BCUT2D eigenvalue weighted by molar-refractivity contribution is 5.79. The van der Waals surface area contributed by atoms with Gasteiger partial charge >= 0.3 is 17.3 Å². The third-order valence-corrected chi connectivity index (χ3v) is 6.59. The summed E-state index contributed by atoms with van der Waals surface area (Å²) in [6, 6.07) is 16.8. The molecule has 0 saturated heterocycles. The third-order valence-electron chi connectivity index (χ3n) is 6.59. The first-order valence-corrected chi connectivity index (χ1v) is 12.3. The Morgan fingerprint density at radius 2 is 1.77 bits per heavy atom. The second kappa shape index (κ2) is 10.5. The molecule has 1 aliphatic rings. The molecule has 0 aliphatic heterocycles. The first-order valence-electron chi connectivity index (χ1n) is 12.3. The maximum atomic E-state index is 13.9. The molecule has 0 unspecified atom stereocenters. The van der Waals surface area contributed by atoms with Gasteiger partial charge in [-0.15, -0.1) is 0 Å². The number of ether oxygens (including phenoxy) is 2. The number of rotatable bonds is 9. The van der Waals surface area contributed by atoms with Crippen LogP contribution in [0.1, 0.15) is 24.0 Å². The Morgan fingerprint density at radius 3 is 2.41 bits per heavy atom. The van der Waals surface area contributed by atoms with Crippen molar-refractivity contribution in [1.82, 2.24) is 19.1 Å². The number of hydrogen-bond donors (Lipinski definition) is 1. The maximum Gasteiger partial charge on any atom is 0.354 e. The lowest BCUT2D eigenvalue weighted by molar-refractivity contribution is -0.147. The summed E-state index contributed by atoms with van der Waals surface area (Å²) in [6.07, 6.45) is 2.48. The summed E-state index contributed by atoms with van der Waals surface area (Å²) >= 11 is 0. The number of benzene rings is 2. The predicted molar refractivity (Wildman–Crippen MR) is 141 cm³/mol. The van der Waals surface area contributed by atoms with E-state index in [0.29, 0.717) is 24.3 Å². The molecule has 5 rings (SSSR count). The van der Waals surface area contributed by atoms with E-state index in [1.54, 1.807) is 24.3 Å². The van der Waals surface area contributed by atoms with Gasteiger partial charge in [0.2, 0.25) is 5.95 Å². The van der Waals surface area contributed by atoms with E-state index in [9.17, 15) is 18.8 Å². The summed E-state index contributed by atoms with van der Waals surface area (Å²) < 4.78 is 26.6. The Kier molecular flexibility index (Phi) is 6.97. The minimum Gasteiger partial charge on any atom is -0.469 e. The van der Waals surface area contributed by atoms with Crippen LogP contribution in [0.3, 0.4) is 0 Å². The fourth-order valence-corrected chi connectivity index (χ4v) is 4.17. The van der Waals surface area contributed by atoms with E-state index >= 15 is 0 Å². The summed E-state index contributed by atoms with van der Waals surface area (Å²) in [4.78, 5) is 46.9. The Hall–Kier alpha value is -4.80. The average molecular weight is 532 g/mol. The highest BCUT2D eigenvalue weighted by atomic mass is 19.1. The van der Waals surface area contributed by atoms with E-state index in [4.69, 9.17) is 9.47 Å². The highest BCUT2D eigenvalue weighted by Crippen LogP contribution is 2.47. The first-order chi connectivity index (χ1) is 18.8. The van der Waals surface area contributed by atoms with E-state index in [1.807, 2.05) is 31.2 Å². The lowest BCUT2D eigenvalue weighted by Gasteiger charge is -2.18. The largest absolute Gasteiger partial charge is 0.469 e. The van der Waals surface area contributed by atoms with E-state index in [0.717, 1.165) is 15.7 Å². The van der Waals surface area contributed by atoms with Crippen molar-refractivity contribution < 1.29 is 18.7 Å². The van der Waals surface area contributed by atoms with Gasteiger partial charge in [0, 0.05) is 18.4 Å². The molecule has 39 heavy (non-hydrogen) atoms. The maximum absolute atomic E-state index is 13.9. The second-order valence-corrected chi connectivity index (χ2v) is 9.47. The molecule has 0 bridgehead atoms. The van der Waals surface area contributed by atoms with Gasteiger partial charge in [-0.2, -0.15) is 4.98 Å². The second-order valence-electron chi connectivity index (χ2n) is 9.47. The molecule has 2 heterocycles. The number of anilines is 2. The molecule has 2 aromatic carbocycles. The molecule has 0 atom stereocenters. The molecule has 11 heteroatoms. The van der Waals surface area contributed by atoms with E-state index in [-0.39, 0.29) is 24.9 Å². The number of aryl methyl sites for hydroxylation is 1. The van der Waals surface area contributed by atoms with Crippen LogP contribution in [-0.2, 0) is 22.6 Å². The van der Waals surface area contributed by atoms with E-state index < -0.39 is 28.6 Å². The zero-order valence-electron chi connectivity index (χ0n) is 21.4. The van der Waals surface area contributed by atoms with Crippen LogP contribution < -0.4 is 21.4 Å². The summed E-state index contributed by atoms with van der Waals surface area (Å²) in [5.41, 5.74) is 0.141. The van der Waals surface area contributed by atoms with E-state index in [1.165, 1.54) is 30.0 Å². The minimum absolute atomic E-state index is 0.0363. The van der Waals surface area contributed by atoms with Crippen LogP contribution in [0.4, 0.5) is 16.0 Å². The number of carbonyl (C=O) groups is 1. The first kappa shape index (κ1) is 25.8. The van der Waals surface area contributed by atoms with Crippen LogP contribution in [0.2, 0.25) is 0 Å². The zero-order chi connectivity index (χ0) is 27.6. The molecule has 4 aromatic rings. The fourth-order valence-electron chi connectivity index (χ4n) is 4.17. The van der Waals surface area contributed by atoms with Crippen molar-refractivity contribution in [2.24, 2.45) is 5.41 Å². The fraction of sp³-hybridized carbons (Fsp3) is 0.250. The standard InChI is InChI=1S/C28H26FN5O5/c1-18-5-7-19(8-6-18)16-33-25(32-26(36)34(27(33)37)17-28(13-14-28)24(35)38-2)31-20-9-11-21(12-10-20)39-23-22(29)4-3-15-30-23/h3-12,15H,13-14,16-17H2,1-2H3,(H,31,32,36). The molecule has 1 fully saturated rings. The molecule has 1 saturated carbocycles. The zero-order valence-corrected chi connectivity index (χ0v) is 21.4. The van der Waals surface area contributed by atoms with Gasteiger partial charge in [-0.05, 0) is 61.7 Å². The van der Waals surface area contributed by atoms with Crippen LogP contribution in [0.15, 0.2) is 76.4 Å². The number of nitrogens with zero attached hydrogens (tertiary/aromatic N) is 4. The number of hydrogen-bond acceptors (Lipinski definition) is 8. The van der Waals surface area contributed by atoms with E-state index in [2.05, 4.69) is 15.3 Å². The van der Waals surface area contributed by atoms with Crippen LogP contribution in [-0.4, -0.2) is 32.2 Å². The predicted octanol–water partition coefficient (Wildman–Crippen LogP) is 3.78. The van der Waals surface area contributed by atoms with Gasteiger partial charge in [-0.25, -0.2) is 23.5 Å². The van der Waals surface area contributed by atoms with Gasteiger partial charge in [0.15, 0.2) is 5.82 Å². The quantitative estimate of drug-likeness (QED) is 0.324. The van der Waals surface area contributed by atoms with Crippen LogP contribution in [0.5, 0.6) is 11.6 Å². The van der Waals surface area contributed by atoms with Crippen molar-refractivity contribution >= 4 is 17.6 Å². The number of carbonyl (C=O) groups excluding carboxylic acids is 1. The van der Waals surface area contributed by atoms with Crippen LogP contribution in [0.25, 0.3) is 0 Å². The molecule has 0 radical (unpaired) electrons. The molecule has 200 valence electrons. The summed E-state index contributed by atoms with van der Waals surface area (Å²) in [6.45, 7) is 2.00. The SMILES string of the molecule is COC(=O)C1(Cn2c(=O)nc(Nc3ccc(Oc4ncccc4F)cc3)n(Cc3ccc(C)cc3)c2=O)CC1. The number of halogens is 1. The summed E-state index contributed by atoms with van der Waals surface area (Å²) in [7, 11) is 1.29. The molecular formula is C28H26FN5O5. The molecule has 0 amide bonds. The molecule has 1 N–H and O–H groups in total. The summed E-state index contributed by atoms with van der Waals surface area (Å²) in [5, 5.41) is 3.03. The van der Waals surface area contributed by atoms with Crippen molar-refractivity contribution in [2.45, 2.75) is 32.9 Å². The van der Waals surface area contributed by atoms with Gasteiger partial charge in [0.1, 0.15) is 5.75 Å². The molecule has 1 aliphatic carbocycles. The normalized spacial score (nSPS) is 13.5. The van der Waals surface area contributed by atoms with Gasteiger partial charge in [0.05, 0.1) is 19.1 Å². The lowest BCUT2D eigenvalue weighted by Crippen LogP contribution is -2.45. The topological polar surface area (TPSA) is 117 Å². The number of aromatic nitrogens is 4. The smallest absolute Gasteiger partial charge is 0.354 e. The van der Waals surface area contributed by atoms with Gasteiger partial charge < -0.3 is 14.8 Å². The molecule has 10 nitrogen and oxygen atoms in total. The minimum atomic E-state index is -0.890. The highest BCUT2D eigenvalue weighted by Gasteiger charge is 2.52. The Bertz CT molecular complexity index is 1630. The van der Waals surface area contributed by atoms with Gasteiger partial charge in [-0.1, -0.05) is 29.8 Å². The number of nitrogens with one attached hydrogen (secondary N) is 1. The molecule has 0 spiro atoms. The van der Waals surface area contributed by atoms with Crippen molar-refractivity contribution in [3.8, 4) is 11.6 Å². The molecule has 2 aromatic heterocycles. The van der Waals surface area contributed by atoms with Crippen molar-refractivity contribution in [3.63, 3.8) is 0 Å². The van der Waals surface area contributed by atoms with Gasteiger partial charge in [-0.3, -0.25) is 9.36 Å². The average Bonchev–Trinajstić information content (AvgIpc) is 3.72. The summed E-state index contributed by atoms with van der Waals surface area (Å²) in [5.74, 6) is -0.820. The Balaban J connectivity index is 1.47. The van der Waals surface area contributed by atoms with Crippen molar-refractivity contribution in [1.29, 1.82) is 0 Å². The number of esters is 1. The molecular weight excluding hydrogens is 505 g/mol. The lowest BCUT2D eigenvalue weighted by atomic mass is 10.1. The Labute approximate surface area is 222 Å². The van der Waals surface area contributed by atoms with Crippen LogP contribution in [0, 0.1) is 18.2 Å². The van der Waals surface area contributed by atoms with Crippen LogP contribution >= 0.6 is 0 Å². The third kappa shape index (κ3) is 5.57. The number of pyridine rings is 1. The van der Waals surface area contributed by atoms with Crippen molar-refractivity contribution in [3.05, 3.63) is 105 Å². The number of methoxy groups -OCH3 is 1. The Morgan fingerprint density at radius 1 is 1.05 bits per heavy atom. The van der Waals surface area contributed by atoms with Crippen molar-refractivity contribution in [2.75, 3.05) is 12.4 Å². The monoisotopic (exact) mass is 531 g/mol. The van der Waals surface area contributed by atoms with Gasteiger partial charge in [0.25, 0.3) is 5.88 Å².